The van der Waals surface area contributed by atoms with Gasteiger partial charge in [-0.3, -0.25) is 9.59 Å². The van der Waals surface area contributed by atoms with Gasteiger partial charge in [-0.1, -0.05) is 51.0 Å². The number of rotatable bonds is 8. The van der Waals surface area contributed by atoms with Crippen molar-refractivity contribution in [2.45, 2.75) is 44.4 Å². The van der Waals surface area contributed by atoms with Crippen LogP contribution in [-0.2, 0) is 4.79 Å². The zero-order valence-corrected chi connectivity index (χ0v) is 17.6. The van der Waals surface area contributed by atoms with Crippen LogP contribution in [0, 0.1) is 0 Å². The Bertz CT molecular complexity index is 1100. The summed E-state index contributed by atoms with van der Waals surface area (Å²) in [6.45, 7) is 5.34. The Hall–Kier alpha value is -2.53. The van der Waals surface area contributed by atoms with Crippen LogP contribution in [0.15, 0.2) is 41.3 Å². The first-order chi connectivity index (χ1) is 14.2. The number of hydrogen-bond donors (Lipinski definition) is 0. The molecule has 0 fully saturated rings. The summed E-state index contributed by atoms with van der Waals surface area (Å²) in [6.07, 6.45) is 3.87. The SMILES string of the molecule is CCCCOc1cc2cc3ccccc3c(OCCCC)c2c2c1SC(=O)C2=O. The zero-order chi connectivity index (χ0) is 20.4. The van der Waals surface area contributed by atoms with E-state index in [0.29, 0.717) is 35.2 Å². The maximum absolute atomic E-state index is 12.8. The monoisotopic (exact) mass is 408 g/mol. The molecular weight excluding hydrogens is 384 g/mol. The average Bonchev–Trinajstić information content (AvgIpc) is 3.02. The lowest BCUT2D eigenvalue weighted by Gasteiger charge is -2.17. The Balaban J connectivity index is 1.99. The third-order valence-electron chi connectivity index (χ3n) is 5.13. The van der Waals surface area contributed by atoms with E-state index in [1.165, 1.54) is 0 Å². The first-order valence-electron chi connectivity index (χ1n) is 10.2. The second-order valence-corrected chi connectivity index (χ2v) is 8.21. The van der Waals surface area contributed by atoms with Crippen molar-refractivity contribution < 1.29 is 19.1 Å². The van der Waals surface area contributed by atoms with E-state index in [1.54, 1.807) is 0 Å². The van der Waals surface area contributed by atoms with Crippen molar-refractivity contribution in [1.82, 2.24) is 0 Å². The smallest absolute Gasteiger partial charge is 0.264 e. The molecule has 29 heavy (non-hydrogen) atoms. The molecule has 0 radical (unpaired) electrons. The summed E-state index contributed by atoms with van der Waals surface area (Å²) < 4.78 is 12.2. The molecule has 1 aliphatic heterocycles. The van der Waals surface area contributed by atoms with Crippen LogP contribution in [0.5, 0.6) is 11.5 Å². The fraction of sp³-hybridized carbons (Fsp3) is 0.333. The third-order valence-corrected chi connectivity index (χ3v) is 6.11. The molecule has 150 valence electrons. The lowest BCUT2D eigenvalue weighted by Crippen LogP contribution is -2.06. The molecule has 4 rings (SSSR count). The highest BCUT2D eigenvalue weighted by Crippen LogP contribution is 2.48. The van der Waals surface area contributed by atoms with Gasteiger partial charge in [0.2, 0.25) is 5.78 Å². The van der Waals surface area contributed by atoms with Crippen molar-refractivity contribution in [2.24, 2.45) is 0 Å². The fourth-order valence-corrected chi connectivity index (χ4v) is 4.51. The number of ether oxygens (including phenoxy) is 2. The number of hydrogen-bond acceptors (Lipinski definition) is 5. The molecule has 0 atom stereocenters. The van der Waals surface area contributed by atoms with E-state index < -0.39 is 10.9 Å². The molecule has 0 saturated heterocycles. The van der Waals surface area contributed by atoms with Gasteiger partial charge < -0.3 is 9.47 Å². The van der Waals surface area contributed by atoms with Crippen LogP contribution < -0.4 is 9.47 Å². The number of thioether (sulfide) groups is 1. The van der Waals surface area contributed by atoms with Gasteiger partial charge in [0, 0.05) is 10.8 Å². The molecule has 5 heteroatoms. The van der Waals surface area contributed by atoms with Crippen molar-refractivity contribution >= 4 is 44.2 Å². The molecule has 0 aromatic heterocycles. The molecule has 0 amide bonds. The minimum atomic E-state index is -0.466. The summed E-state index contributed by atoms with van der Waals surface area (Å²) in [5, 5.41) is 3.12. The summed E-state index contributed by atoms with van der Waals surface area (Å²) in [7, 11) is 0. The number of carbonyl (C=O) groups is 2. The van der Waals surface area contributed by atoms with Crippen LogP contribution in [0.2, 0.25) is 0 Å². The predicted molar refractivity (Wildman–Crippen MR) is 117 cm³/mol. The van der Waals surface area contributed by atoms with Gasteiger partial charge in [0.25, 0.3) is 5.12 Å². The van der Waals surface area contributed by atoms with E-state index in [-0.39, 0.29) is 0 Å². The number of Topliss-reactive ketones (excluding diaryl/α,β-unsaturated/α-hetero) is 1. The van der Waals surface area contributed by atoms with Crippen LogP contribution >= 0.6 is 11.8 Å². The lowest BCUT2D eigenvalue weighted by atomic mass is 9.96. The van der Waals surface area contributed by atoms with Crippen molar-refractivity contribution in [2.75, 3.05) is 13.2 Å². The van der Waals surface area contributed by atoms with Gasteiger partial charge in [0.05, 0.1) is 23.7 Å². The maximum Gasteiger partial charge on any atom is 0.264 e. The van der Waals surface area contributed by atoms with E-state index in [2.05, 4.69) is 13.8 Å². The standard InChI is InChI=1S/C24H24O4S/c1-3-5-11-27-18-14-16-13-15-9-7-8-10-17(15)22(28-12-6-4-2)19(16)20-21(25)24(26)29-23(18)20/h7-10,13-14H,3-6,11-12H2,1-2H3. The van der Waals surface area contributed by atoms with E-state index in [0.717, 1.165) is 59.0 Å². The van der Waals surface area contributed by atoms with E-state index in [9.17, 15) is 9.59 Å². The van der Waals surface area contributed by atoms with Crippen LogP contribution in [0.25, 0.3) is 21.5 Å². The predicted octanol–water partition coefficient (Wildman–Crippen LogP) is 6.17. The van der Waals surface area contributed by atoms with Crippen LogP contribution in [0.4, 0.5) is 0 Å². The largest absolute Gasteiger partial charge is 0.492 e. The number of benzene rings is 3. The van der Waals surface area contributed by atoms with Gasteiger partial charge in [-0.25, -0.2) is 0 Å². The second kappa shape index (κ2) is 8.46. The highest BCUT2D eigenvalue weighted by Gasteiger charge is 2.36. The summed E-state index contributed by atoms with van der Waals surface area (Å²) in [5.74, 6) is 0.832. The topological polar surface area (TPSA) is 52.6 Å². The van der Waals surface area contributed by atoms with E-state index in [4.69, 9.17) is 9.47 Å². The molecule has 0 saturated carbocycles. The minimum absolute atomic E-state index is 0.432. The van der Waals surface area contributed by atoms with Crippen LogP contribution in [0.1, 0.15) is 49.9 Å². The average molecular weight is 409 g/mol. The molecule has 3 aromatic carbocycles. The van der Waals surface area contributed by atoms with Gasteiger partial charge in [0.1, 0.15) is 11.5 Å². The Labute approximate surface area is 174 Å². The number of unbranched alkanes of at least 4 members (excludes halogenated alkanes) is 2. The number of ketones is 1. The molecule has 0 aliphatic carbocycles. The number of fused-ring (bicyclic) bond motifs is 4. The Morgan fingerprint density at radius 3 is 2.38 bits per heavy atom. The van der Waals surface area contributed by atoms with Crippen LogP contribution in [-0.4, -0.2) is 24.1 Å². The third kappa shape index (κ3) is 3.60. The molecule has 0 N–H and O–H groups in total. The van der Waals surface area contributed by atoms with Gasteiger partial charge in [-0.15, -0.1) is 0 Å². The molecule has 1 aliphatic rings. The normalized spacial score (nSPS) is 13.3. The van der Waals surface area contributed by atoms with Gasteiger partial charge in [0.15, 0.2) is 0 Å². The fourth-order valence-electron chi connectivity index (χ4n) is 3.61. The summed E-state index contributed by atoms with van der Waals surface area (Å²) in [4.78, 5) is 25.8. The first kappa shape index (κ1) is 19.8. The van der Waals surface area contributed by atoms with Gasteiger partial charge >= 0.3 is 0 Å². The first-order valence-corrected chi connectivity index (χ1v) is 11.0. The molecule has 3 aromatic rings. The summed E-state index contributed by atoms with van der Waals surface area (Å²) in [6, 6.07) is 12.0. The minimum Gasteiger partial charge on any atom is -0.492 e. The summed E-state index contributed by atoms with van der Waals surface area (Å²) >= 11 is 0.972. The zero-order valence-electron chi connectivity index (χ0n) is 16.7. The molecule has 0 bridgehead atoms. The van der Waals surface area contributed by atoms with E-state index >= 15 is 0 Å². The molecular formula is C24H24O4S. The molecule has 0 unspecified atom stereocenters. The lowest BCUT2D eigenvalue weighted by molar-refractivity contribution is -0.107. The van der Waals surface area contributed by atoms with Crippen LogP contribution in [0.3, 0.4) is 0 Å². The van der Waals surface area contributed by atoms with Crippen molar-refractivity contribution in [3.63, 3.8) is 0 Å². The van der Waals surface area contributed by atoms with Crippen molar-refractivity contribution in [3.8, 4) is 11.5 Å². The molecule has 0 spiro atoms. The summed E-state index contributed by atoms with van der Waals surface area (Å²) in [5.41, 5.74) is 0.432. The van der Waals surface area contributed by atoms with Crippen molar-refractivity contribution in [1.29, 1.82) is 0 Å². The molecule has 1 heterocycles. The van der Waals surface area contributed by atoms with Gasteiger partial charge in [-0.05, 0) is 47.5 Å². The second-order valence-electron chi connectivity index (χ2n) is 7.23. The highest BCUT2D eigenvalue weighted by molar-refractivity contribution is 8.16. The highest BCUT2D eigenvalue weighted by atomic mass is 32.2. The molecule has 4 nitrogen and oxygen atoms in total. The Kier molecular flexibility index (Phi) is 5.76. The van der Waals surface area contributed by atoms with E-state index in [1.807, 2.05) is 36.4 Å². The maximum atomic E-state index is 12.8. The Morgan fingerprint density at radius 2 is 1.62 bits per heavy atom. The van der Waals surface area contributed by atoms with Crippen molar-refractivity contribution in [3.05, 3.63) is 42.0 Å². The Morgan fingerprint density at radius 1 is 0.897 bits per heavy atom. The van der Waals surface area contributed by atoms with Gasteiger partial charge in [-0.2, -0.15) is 0 Å². The quantitative estimate of drug-likeness (QED) is 0.254. The number of carbonyl (C=O) groups excluding carboxylic acids is 2.